The average Bonchev–Trinajstić information content (AvgIpc) is 2.35. The van der Waals surface area contributed by atoms with Gasteiger partial charge in [-0.2, -0.15) is 0 Å². The summed E-state index contributed by atoms with van der Waals surface area (Å²) in [4.78, 5) is 23.8. The molecule has 0 atom stereocenters. The first kappa shape index (κ1) is 14.2. The molecule has 19 heavy (non-hydrogen) atoms. The fraction of sp³-hybridized carbons (Fsp3) is 0.182. The summed E-state index contributed by atoms with van der Waals surface area (Å²) in [7, 11) is 0. The molecule has 0 aromatic heterocycles. The van der Waals surface area contributed by atoms with Crippen LogP contribution in [0.15, 0.2) is 23.3 Å². The number of hydrogen-bond acceptors (Lipinski definition) is 4. The number of hydrogen-bond donors (Lipinski definition) is 1. The molecule has 0 aliphatic rings. The molecule has 98 valence electrons. The van der Waals surface area contributed by atoms with Crippen LogP contribution in [0, 0.1) is 17.0 Å². The number of nitro benzene ring substituents is 1. The second-order valence-electron chi connectivity index (χ2n) is 3.59. The van der Waals surface area contributed by atoms with Crippen LogP contribution in [0.2, 0.25) is 0 Å². The molecule has 0 amide bonds. The highest BCUT2D eigenvalue weighted by molar-refractivity contribution is 5.91. The van der Waals surface area contributed by atoms with E-state index >= 15 is 0 Å². The highest BCUT2D eigenvalue weighted by Gasteiger charge is 2.19. The zero-order valence-corrected chi connectivity index (χ0v) is 9.98. The number of azide groups is 1. The van der Waals surface area contributed by atoms with Gasteiger partial charge >= 0.3 is 5.97 Å². The standard InChI is InChI=1S/C11H10N4O4/c1-7-9(11(16)17)5-8(3-2-4-13-14-12)6-10(7)15(18)19/h2-3,5-6H,4H2,1H3,(H,16,17). The molecule has 0 fully saturated rings. The molecule has 0 unspecified atom stereocenters. The third kappa shape index (κ3) is 3.55. The number of nitro groups is 1. The topological polar surface area (TPSA) is 129 Å². The molecule has 8 heteroatoms. The molecule has 0 heterocycles. The van der Waals surface area contributed by atoms with E-state index in [2.05, 4.69) is 10.0 Å². The Morgan fingerprint density at radius 3 is 2.84 bits per heavy atom. The van der Waals surface area contributed by atoms with Crippen molar-refractivity contribution in [1.82, 2.24) is 0 Å². The predicted octanol–water partition coefficient (Wildman–Crippen LogP) is 2.92. The summed E-state index contributed by atoms with van der Waals surface area (Å²) in [6.45, 7) is 1.47. The zero-order chi connectivity index (χ0) is 14.4. The smallest absolute Gasteiger partial charge is 0.336 e. The fourth-order valence-electron chi connectivity index (χ4n) is 1.50. The lowest BCUT2D eigenvalue weighted by Gasteiger charge is -2.04. The first-order valence-corrected chi connectivity index (χ1v) is 5.17. The Morgan fingerprint density at radius 1 is 1.63 bits per heavy atom. The van der Waals surface area contributed by atoms with Crippen LogP contribution in [0.25, 0.3) is 16.5 Å². The monoisotopic (exact) mass is 262 g/mol. The van der Waals surface area contributed by atoms with Crippen molar-refractivity contribution in [2.24, 2.45) is 5.11 Å². The number of benzene rings is 1. The Labute approximate surface area is 107 Å². The van der Waals surface area contributed by atoms with Gasteiger partial charge in [0.05, 0.1) is 10.5 Å². The van der Waals surface area contributed by atoms with Gasteiger partial charge in [0.25, 0.3) is 5.69 Å². The minimum absolute atomic E-state index is 0.0839. The van der Waals surface area contributed by atoms with E-state index in [1.165, 1.54) is 31.2 Å². The molecule has 1 aromatic carbocycles. The Morgan fingerprint density at radius 2 is 2.32 bits per heavy atom. The van der Waals surface area contributed by atoms with Crippen molar-refractivity contribution >= 4 is 17.7 Å². The Bertz CT molecular complexity index is 568. The molecule has 1 aromatic rings. The summed E-state index contributed by atoms with van der Waals surface area (Å²) in [5, 5.41) is 23.1. The summed E-state index contributed by atoms with van der Waals surface area (Å²) in [6, 6.07) is 2.60. The van der Waals surface area contributed by atoms with Crippen molar-refractivity contribution in [3.63, 3.8) is 0 Å². The van der Waals surface area contributed by atoms with Crippen molar-refractivity contribution in [3.8, 4) is 0 Å². The van der Waals surface area contributed by atoms with Crippen LogP contribution >= 0.6 is 0 Å². The van der Waals surface area contributed by atoms with E-state index < -0.39 is 10.9 Å². The lowest BCUT2D eigenvalue weighted by atomic mass is 10.0. The van der Waals surface area contributed by atoms with Gasteiger partial charge in [0.15, 0.2) is 0 Å². The second kappa shape index (κ2) is 6.18. The van der Waals surface area contributed by atoms with Gasteiger partial charge < -0.3 is 5.11 Å². The maximum atomic E-state index is 11.0. The van der Waals surface area contributed by atoms with Gasteiger partial charge in [-0.25, -0.2) is 4.79 Å². The van der Waals surface area contributed by atoms with E-state index in [0.29, 0.717) is 5.56 Å². The lowest BCUT2D eigenvalue weighted by Crippen LogP contribution is -2.03. The summed E-state index contributed by atoms with van der Waals surface area (Å²) < 4.78 is 0. The number of aromatic carboxylic acids is 1. The summed E-state index contributed by atoms with van der Waals surface area (Å²) in [5.74, 6) is -1.23. The summed E-state index contributed by atoms with van der Waals surface area (Å²) >= 11 is 0. The van der Waals surface area contributed by atoms with Gasteiger partial charge in [0, 0.05) is 23.1 Å². The van der Waals surface area contributed by atoms with Gasteiger partial charge in [-0.15, -0.1) is 0 Å². The van der Waals surface area contributed by atoms with E-state index in [9.17, 15) is 14.9 Å². The van der Waals surface area contributed by atoms with Crippen molar-refractivity contribution < 1.29 is 14.8 Å². The Kier molecular flexibility index (Phi) is 4.62. The SMILES string of the molecule is Cc1c(C(=O)O)cc(C=CCN=[N+]=[N-])cc1[N+](=O)[O-]. The van der Waals surface area contributed by atoms with Gasteiger partial charge in [0.1, 0.15) is 0 Å². The molecule has 0 saturated carbocycles. The largest absolute Gasteiger partial charge is 0.478 e. The Balaban J connectivity index is 3.26. The quantitative estimate of drug-likeness (QED) is 0.287. The van der Waals surface area contributed by atoms with Crippen molar-refractivity contribution in [3.05, 3.63) is 55.5 Å². The second-order valence-corrected chi connectivity index (χ2v) is 3.59. The van der Waals surface area contributed by atoms with E-state index in [1.54, 1.807) is 0 Å². The third-order valence-electron chi connectivity index (χ3n) is 2.39. The normalized spacial score (nSPS) is 10.2. The minimum Gasteiger partial charge on any atom is -0.478 e. The van der Waals surface area contributed by atoms with Crippen molar-refractivity contribution in [2.45, 2.75) is 6.92 Å². The molecule has 0 aliphatic carbocycles. The molecular formula is C11H10N4O4. The van der Waals surface area contributed by atoms with Crippen LogP contribution in [-0.4, -0.2) is 22.5 Å². The minimum atomic E-state index is -1.23. The average molecular weight is 262 g/mol. The summed E-state index contributed by atoms with van der Waals surface area (Å²) in [5.41, 5.74) is 8.17. The first-order chi connectivity index (χ1) is 8.97. The molecule has 0 spiro atoms. The molecule has 8 nitrogen and oxygen atoms in total. The molecule has 0 saturated heterocycles. The van der Waals surface area contributed by atoms with E-state index in [0.717, 1.165) is 0 Å². The van der Waals surface area contributed by atoms with Crippen molar-refractivity contribution in [2.75, 3.05) is 6.54 Å². The Hall–Kier alpha value is -2.86. The van der Waals surface area contributed by atoms with Crippen LogP contribution in [0.1, 0.15) is 21.5 Å². The fourth-order valence-corrected chi connectivity index (χ4v) is 1.50. The molecule has 1 rings (SSSR count). The maximum Gasteiger partial charge on any atom is 0.336 e. The van der Waals surface area contributed by atoms with Crippen LogP contribution < -0.4 is 0 Å². The van der Waals surface area contributed by atoms with E-state index in [1.807, 2.05) is 0 Å². The number of nitrogens with zero attached hydrogens (tertiary/aromatic N) is 4. The van der Waals surface area contributed by atoms with Gasteiger partial charge in [-0.3, -0.25) is 10.1 Å². The molecule has 0 radical (unpaired) electrons. The number of rotatable bonds is 5. The highest BCUT2D eigenvalue weighted by atomic mass is 16.6. The number of carbonyl (C=O) groups is 1. The van der Waals surface area contributed by atoms with Crippen molar-refractivity contribution in [1.29, 1.82) is 0 Å². The highest BCUT2D eigenvalue weighted by Crippen LogP contribution is 2.24. The predicted molar refractivity (Wildman–Crippen MR) is 67.8 cm³/mol. The van der Waals surface area contributed by atoms with Crippen LogP contribution in [0.4, 0.5) is 5.69 Å². The molecule has 0 bridgehead atoms. The maximum absolute atomic E-state index is 11.0. The first-order valence-electron chi connectivity index (χ1n) is 5.17. The van der Waals surface area contributed by atoms with Crippen LogP contribution in [0.5, 0.6) is 0 Å². The molecular weight excluding hydrogens is 252 g/mol. The molecule has 0 aliphatic heterocycles. The zero-order valence-electron chi connectivity index (χ0n) is 9.98. The van der Waals surface area contributed by atoms with Gasteiger partial charge in [-0.05, 0) is 24.1 Å². The molecule has 1 N–H and O–H groups in total. The van der Waals surface area contributed by atoms with E-state index in [-0.39, 0.29) is 23.4 Å². The van der Waals surface area contributed by atoms with Crippen LogP contribution in [0.3, 0.4) is 0 Å². The third-order valence-corrected chi connectivity index (χ3v) is 2.39. The summed E-state index contributed by atoms with van der Waals surface area (Å²) in [6.07, 6.45) is 2.95. The lowest BCUT2D eigenvalue weighted by molar-refractivity contribution is -0.385. The van der Waals surface area contributed by atoms with Gasteiger partial charge in [-0.1, -0.05) is 17.3 Å². The number of carboxylic acid groups (broad SMARTS) is 1. The van der Waals surface area contributed by atoms with Crippen LogP contribution in [-0.2, 0) is 0 Å². The van der Waals surface area contributed by atoms with Gasteiger partial charge in [0.2, 0.25) is 0 Å². The number of carboxylic acids is 1. The van der Waals surface area contributed by atoms with E-state index in [4.69, 9.17) is 10.6 Å².